The van der Waals surface area contributed by atoms with Gasteiger partial charge in [-0.1, -0.05) is 0 Å². The van der Waals surface area contributed by atoms with Gasteiger partial charge >= 0.3 is 12.1 Å². The second-order valence-corrected chi connectivity index (χ2v) is 7.68. The minimum Gasteiger partial charge on any atom is -0.481 e. The molecule has 2 rings (SSSR count). The van der Waals surface area contributed by atoms with Gasteiger partial charge in [-0.25, -0.2) is 9.18 Å². The molecular weight excluding hydrogens is 341 g/mol. The molecule has 1 aliphatic heterocycles. The van der Waals surface area contributed by atoms with Gasteiger partial charge in [0.2, 0.25) is 0 Å². The van der Waals surface area contributed by atoms with E-state index in [4.69, 9.17) is 10.5 Å². The van der Waals surface area contributed by atoms with Gasteiger partial charge in [-0.3, -0.25) is 4.79 Å². The molecule has 1 fully saturated rings. The van der Waals surface area contributed by atoms with Crippen LogP contribution in [0.25, 0.3) is 0 Å². The van der Waals surface area contributed by atoms with Crippen molar-refractivity contribution >= 4 is 23.4 Å². The number of anilines is 2. The Labute approximate surface area is 152 Å². The normalized spacial score (nSPS) is 16.8. The fraction of sp³-hybridized carbons (Fsp3) is 0.556. The molecule has 26 heavy (non-hydrogen) atoms. The van der Waals surface area contributed by atoms with E-state index >= 15 is 0 Å². The van der Waals surface area contributed by atoms with E-state index < -0.39 is 29.0 Å². The number of carboxylic acids is 1. The third-order valence-corrected chi connectivity index (χ3v) is 4.29. The highest BCUT2D eigenvalue weighted by molar-refractivity contribution is 5.73. The summed E-state index contributed by atoms with van der Waals surface area (Å²) in [5.74, 6) is -1.43. The molecule has 4 N–H and O–H groups in total. The van der Waals surface area contributed by atoms with Gasteiger partial charge in [0.1, 0.15) is 11.4 Å². The molecule has 144 valence electrons. The number of nitrogen functional groups attached to an aromatic ring is 1. The van der Waals surface area contributed by atoms with Gasteiger partial charge in [0, 0.05) is 18.8 Å². The molecular formula is C18H26FN3O4. The van der Waals surface area contributed by atoms with Crippen LogP contribution in [0.2, 0.25) is 0 Å². The van der Waals surface area contributed by atoms with Gasteiger partial charge < -0.3 is 25.8 Å². The predicted octanol–water partition coefficient (Wildman–Crippen LogP) is 2.75. The van der Waals surface area contributed by atoms with Crippen LogP contribution in [0.3, 0.4) is 0 Å². The average molecular weight is 367 g/mol. The summed E-state index contributed by atoms with van der Waals surface area (Å²) < 4.78 is 19.4. The topological polar surface area (TPSA) is 105 Å². The number of nitrogens with zero attached hydrogens (tertiary/aromatic N) is 1. The predicted molar refractivity (Wildman–Crippen MR) is 96.6 cm³/mol. The van der Waals surface area contributed by atoms with E-state index in [0.717, 1.165) is 0 Å². The van der Waals surface area contributed by atoms with Gasteiger partial charge in [0.15, 0.2) is 0 Å². The van der Waals surface area contributed by atoms with Crippen LogP contribution in [0.1, 0.15) is 40.0 Å². The monoisotopic (exact) mass is 367 g/mol. The van der Waals surface area contributed by atoms with Gasteiger partial charge in [0.25, 0.3) is 0 Å². The second-order valence-electron chi connectivity index (χ2n) is 7.68. The van der Waals surface area contributed by atoms with E-state index in [0.29, 0.717) is 37.3 Å². The lowest BCUT2D eigenvalue weighted by molar-refractivity contribution is -0.138. The van der Waals surface area contributed by atoms with Crippen LogP contribution < -0.4 is 16.0 Å². The summed E-state index contributed by atoms with van der Waals surface area (Å²) >= 11 is 0. The molecule has 0 atom stereocenters. The Hall–Kier alpha value is -2.51. The fourth-order valence-electron chi connectivity index (χ4n) is 3.11. The molecule has 0 aromatic heterocycles. The Morgan fingerprint density at radius 3 is 2.46 bits per heavy atom. The minimum absolute atomic E-state index is 0.218. The molecule has 1 saturated heterocycles. The molecule has 0 spiro atoms. The Morgan fingerprint density at radius 1 is 1.35 bits per heavy atom. The summed E-state index contributed by atoms with van der Waals surface area (Å²) in [5, 5.41) is 12.0. The summed E-state index contributed by atoms with van der Waals surface area (Å²) in [7, 11) is 0. The van der Waals surface area contributed by atoms with Crippen molar-refractivity contribution in [2.75, 3.05) is 23.7 Å². The third kappa shape index (κ3) is 5.24. The van der Waals surface area contributed by atoms with E-state index in [9.17, 15) is 19.1 Å². The van der Waals surface area contributed by atoms with E-state index in [1.54, 1.807) is 32.9 Å². The summed E-state index contributed by atoms with van der Waals surface area (Å²) in [4.78, 5) is 25.3. The SMILES string of the molecule is CC(C)(C)OC(=O)NC1(CC(=O)O)CCN(c2ccc(N)cc2F)CC1. The number of carbonyl (C=O) groups is 2. The van der Waals surface area contributed by atoms with E-state index in [1.807, 2.05) is 4.90 Å². The lowest BCUT2D eigenvalue weighted by atomic mass is 9.84. The van der Waals surface area contributed by atoms with E-state index in [2.05, 4.69) is 5.32 Å². The number of halogens is 1. The lowest BCUT2D eigenvalue weighted by Gasteiger charge is -2.42. The maximum absolute atomic E-state index is 14.1. The molecule has 7 nitrogen and oxygen atoms in total. The minimum atomic E-state index is -1.01. The zero-order valence-corrected chi connectivity index (χ0v) is 15.3. The first-order valence-corrected chi connectivity index (χ1v) is 8.53. The number of aliphatic carboxylic acids is 1. The van der Waals surface area contributed by atoms with Crippen LogP contribution in [-0.2, 0) is 9.53 Å². The molecule has 0 aliphatic carbocycles. The number of rotatable bonds is 4. The van der Waals surface area contributed by atoms with Crippen LogP contribution in [0.4, 0.5) is 20.6 Å². The highest BCUT2D eigenvalue weighted by Crippen LogP contribution is 2.31. The quantitative estimate of drug-likeness (QED) is 0.707. The number of nitrogens with one attached hydrogen (secondary N) is 1. The summed E-state index contributed by atoms with van der Waals surface area (Å²) in [6.07, 6.45) is -0.138. The van der Waals surface area contributed by atoms with Crippen molar-refractivity contribution in [1.82, 2.24) is 5.32 Å². The first-order chi connectivity index (χ1) is 12.0. The number of hydrogen-bond acceptors (Lipinski definition) is 5. The molecule has 1 aliphatic rings. The first kappa shape index (κ1) is 19.8. The maximum atomic E-state index is 14.1. The number of hydrogen-bond donors (Lipinski definition) is 3. The Balaban J connectivity index is 2.10. The summed E-state index contributed by atoms with van der Waals surface area (Å²) in [6.45, 7) is 6.03. The Morgan fingerprint density at radius 2 is 1.96 bits per heavy atom. The zero-order chi connectivity index (χ0) is 19.5. The van der Waals surface area contributed by atoms with Crippen molar-refractivity contribution < 1.29 is 23.8 Å². The van der Waals surface area contributed by atoms with Crippen molar-refractivity contribution in [3.63, 3.8) is 0 Å². The van der Waals surface area contributed by atoms with Gasteiger partial charge in [-0.15, -0.1) is 0 Å². The number of ether oxygens (including phenoxy) is 1. The average Bonchev–Trinajstić information content (AvgIpc) is 2.45. The van der Waals surface area contributed by atoms with Crippen molar-refractivity contribution in [2.45, 2.75) is 51.2 Å². The van der Waals surface area contributed by atoms with Crippen LogP contribution in [0.5, 0.6) is 0 Å². The molecule has 8 heteroatoms. The van der Waals surface area contributed by atoms with Crippen LogP contribution in [0.15, 0.2) is 18.2 Å². The van der Waals surface area contributed by atoms with E-state index in [-0.39, 0.29) is 6.42 Å². The summed E-state index contributed by atoms with van der Waals surface area (Å²) in [6, 6.07) is 4.49. The van der Waals surface area contributed by atoms with Crippen molar-refractivity contribution in [1.29, 1.82) is 0 Å². The molecule has 1 amide bonds. The molecule has 0 bridgehead atoms. The number of nitrogens with two attached hydrogens (primary N) is 1. The number of benzene rings is 1. The van der Waals surface area contributed by atoms with E-state index in [1.165, 1.54) is 6.07 Å². The van der Waals surface area contributed by atoms with Gasteiger partial charge in [0.05, 0.1) is 17.6 Å². The second kappa shape index (κ2) is 7.39. The molecule has 0 saturated carbocycles. The number of amides is 1. The fourth-order valence-corrected chi connectivity index (χ4v) is 3.11. The Bertz CT molecular complexity index is 680. The van der Waals surface area contributed by atoms with Crippen LogP contribution in [0, 0.1) is 5.82 Å². The summed E-state index contributed by atoms with van der Waals surface area (Å²) in [5.41, 5.74) is 4.73. The number of piperidine rings is 1. The molecule has 0 radical (unpaired) electrons. The first-order valence-electron chi connectivity index (χ1n) is 8.53. The highest BCUT2D eigenvalue weighted by atomic mass is 19.1. The molecule has 0 unspecified atom stereocenters. The standard InChI is InChI=1S/C18H26FN3O4/c1-17(2,3)26-16(25)21-18(11-15(23)24)6-8-22(9-7-18)14-5-4-12(20)10-13(14)19/h4-5,10H,6-9,11,20H2,1-3H3,(H,21,25)(H,23,24). The Kier molecular flexibility index (Phi) is 5.63. The molecule has 1 heterocycles. The van der Waals surface area contributed by atoms with Crippen molar-refractivity contribution in [3.8, 4) is 0 Å². The number of carbonyl (C=O) groups excluding carboxylic acids is 1. The molecule has 1 aromatic carbocycles. The highest BCUT2D eigenvalue weighted by Gasteiger charge is 2.39. The lowest BCUT2D eigenvalue weighted by Crippen LogP contribution is -2.57. The number of alkyl carbamates (subject to hydrolysis) is 1. The van der Waals surface area contributed by atoms with Gasteiger partial charge in [-0.05, 0) is 51.8 Å². The number of carboxylic acid groups (broad SMARTS) is 1. The zero-order valence-electron chi connectivity index (χ0n) is 15.3. The third-order valence-electron chi connectivity index (χ3n) is 4.29. The van der Waals surface area contributed by atoms with Crippen molar-refractivity contribution in [2.24, 2.45) is 0 Å². The van der Waals surface area contributed by atoms with Crippen molar-refractivity contribution in [3.05, 3.63) is 24.0 Å². The largest absolute Gasteiger partial charge is 0.481 e. The maximum Gasteiger partial charge on any atom is 0.408 e. The van der Waals surface area contributed by atoms with Crippen LogP contribution in [-0.4, -0.2) is 41.4 Å². The molecule has 1 aromatic rings. The van der Waals surface area contributed by atoms with Gasteiger partial charge in [-0.2, -0.15) is 0 Å². The smallest absolute Gasteiger partial charge is 0.408 e. The van der Waals surface area contributed by atoms with Crippen LogP contribution >= 0.6 is 0 Å².